The predicted molar refractivity (Wildman–Crippen MR) is 145 cm³/mol. The van der Waals surface area contributed by atoms with Crippen LogP contribution in [0.4, 0.5) is 29.5 Å². The normalized spacial score (nSPS) is 22.0. The van der Waals surface area contributed by atoms with Gasteiger partial charge in [0.25, 0.3) is 5.69 Å². The van der Waals surface area contributed by atoms with Crippen LogP contribution in [0.15, 0.2) is 36.5 Å². The van der Waals surface area contributed by atoms with Gasteiger partial charge < -0.3 is 19.3 Å². The molecule has 1 aromatic carbocycles. The number of piperazine rings is 1. The van der Waals surface area contributed by atoms with Gasteiger partial charge in [-0.2, -0.15) is 13.2 Å². The van der Waals surface area contributed by atoms with E-state index in [0.29, 0.717) is 43.9 Å². The van der Waals surface area contributed by atoms with Gasteiger partial charge in [-0.1, -0.05) is 6.07 Å². The van der Waals surface area contributed by atoms with Crippen LogP contribution < -0.4 is 9.64 Å². The Hall–Kier alpha value is -3.57. The maximum Gasteiger partial charge on any atom is 0.423 e. The molecule has 0 N–H and O–H groups in total. The standard InChI is InChI=1S/C29H35F3N4O5/c30-29(31,32)25-18-21(7-10-26(25)36(38)39)17-20-5-8-23(9-6-20)40-24-11-12-33-27(19-24)34-13-15-35(16-14-34)28(37)41-22-3-1-2-4-22/h7,10-12,18-20,22-23H,1-6,8-9,13-17H2. The number of nitro groups is 1. The smallest absolute Gasteiger partial charge is 0.423 e. The number of amides is 1. The van der Waals surface area contributed by atoms with Crippen LogP contribution in [0.3, 0.4) is 0 Å². The van der Waals surface area contributed by atoms with Crippen molar-refractivity contribution in [3.63, 3.8) is 0 Å². The summed E-state index contributed by atoms with van der Waals surface area (Å²) in [6, 6.07) is 7.02. The van der Waals surface area contributed by atoms with Crippen LogP contribution in [0.2, 0.25) is 0 Å². The van der Waals surface area contributed by atoms with Crippen LogP contribution in [0, 0.1) is 16.0 Å². The van der Waals surface area contributed by atoms with E-state index in [-0.39, 0.29) is 24.2 Å². The highest BCUT2D eigenvalue weighted by molar-refractivity contribution is 5.68. The summed E-state index contributed by atoms with van der Waals surface area (Å²) in [5.74, 6) is 1.69. The average Bonchev–Trinajstić information content (AvgIpc) is 3.47. The third-order valence-electron chi connectivity index (χ3n) is 8.33. The van der Waals surface area contributed by atoms with E-state index < -0.39 is 22.4 Å². The number of rotatable bonds is 7. The van der Waals surface area contributed by atoms with E-state index in [2.05, 4.69) is 9.88 Å². The van der Waals surface area contributed by atoms with Gasteiger partial charge in [-0.25, -0.2) is 9.78 Å². The number of anilines is 1. The van der Waals surface area contributed by atoms with Gasteiger partial charge in [-0.15, -0.1) is 0 Å². The maximum atomic E-state index is 13.3. The van der Waals surface area contributed by atoms with E-state index in [9.17, 15) is 28.1 Å². The topological polar surface area (TPSA) is 98.0 Å². The van der Waals surface area contributed by atoms with Gasteiger partial charge in [-0.05, 0) is 81.4 Å². The first-order valence-electron chi connectivity index (χ1n) is 14.3. The number of carbonyl (C=O) groups excluding carboxylic acids is 1. The molecule has 2 aliphatic carbocycles. The largest absolute Gasteiger partial charge is 0.490 e. The quantitative estimate of drug-likeness (QED) is 0.278. The van der Waals surface area contributed by atoms with Gasteiger partial charge in [0, 0.05) is 44.5 Å². The molecule has 222 valence electrons. The Morgan fingerprint density at radius 1 is 0.976 bits per heavy atom. The second kappa shape index (κ2) is 12.5. The molecule has 0 radical (unpaired) electrons. The Morgan fingerprint density at radius 3 is 2.34 bits per heavy atom. The zero-order valence-corrected chi connectivity index (χ0v) is 22.9. The van der Waals surface area contributed by atoms with Crippen LogP contribution in [0.5, 0.6) is 5.75 Å². The molecule has 2 saturated carbocycles. The molecule has 3 fully saturated rings. The molecule has 3 aliphatic rings. The summed E-state index contributed by atoms with van der Waals surface area (Å²) in [6.45, 7) is 2.45. The summed E-state index contributed by atoms with van der Waals surface area (Å²) in [4.78, 5) is 30.9. The highest BCUT2D eigenvalue weighted by Crippen LogP contribution is 2.38. The van der Waals surface area contributed by atoms with E-state index in [1.807, 2.05) is 12.1 Å². The van der Waals surface area contributed by atoms with Crippen molar-refractivity contribution in [1.82, 2.24) is 9.88 Å². The van der Waals surface area contributed by atoms with Crippen LogP contribution in [0.1, 0.15) is 62.5 Å². The zero-order valence-electron chi connectivity index (χ0n) is 22.9. The van der Waals surface area contributed by atoms with Crippen LogP contribution in [-0.4, -0.2) is 59.3 Å². The van der Waals surface area contributed by atoms with Crippen LogP contribution in [-0.2, 0) is 17.3 Å². The molecule has 1 aromatic heterocycles. The van der Waals surface area contributed by atoms with Crippen molar-refractivity contribution in [2.45, 2.75) is 76.2 Å². The Morgan fingerprint density at radius 2 is 1.68 bits per heavy atom. The number of hydrogen-bond donors (Lipinski definition) is 0. The monoisotopic (exact) mass is 576 g/mol. The minimum Gasteiger partial charge on any atom is -0.490 e. The first-order valence-corrected chi connectivity index (χ1v) is 14.3. The summed E-state index contributed by atoms with van der Waals surface area (Å²) in [6.07, 6.45) is 4.44. The molecule has 12 heteroatoms. The highest BCUT2D eigenvalue weighted by Gasteiger charge is 2.38. The molecular formula is C29H35F3N4O5. The third kappa shape index (κ3) is 7.39. The fourth-order valence-electron chi connectivity index (χ4n) is 6.06. The predicted octanol–water partition coefficient (Wildman–Crippen LogP) is 6.39. The number of nitro benzene ring substituents is 1. The summed E-state index contributed by atoms with van der Waals surface area (Å²) in [5, 5.41) is 11.0. The first-order chi connectivity index (χ1) is 19.7. The third-order valence-corrected chi connectivity index (χ3v) is 8.33. The van der Waals surface area contributed by atoms with Gasteiger partial charge in [0.2, 0.25) is 0 Å². The van der Waals surface area contributed by atoms with E-state index in [4.69, 9.17) is 9.47 Å². The Balaban J connectivity index is 1.09. The SMILES string of the molecule is O=C(OC1CCCC1)N1CCN(c2cc(OC3CCC(Cc4ccc([N+](=O)[O-])c(C(F)(F)F)c4)CC3)ccn2)CC1. The second-order valence-corrected chi connectivity index (χ2v) is 11.2. The summed E-state index contributed by atoms with van der Waals surface area (Å²) >= 11 is 0. The number of carbonyl (C=O) groups is 1. The van der Waals surface area contributed by atoms with Crippen LogP contribution in [0.25, 0.3) is 0 Å². The Labute approximate surface area is 236 Å². The van der Waals surface area contributed by atoms with E-state index >= 15 is 0 Å². The number of ether oxygens (including phenoxy) is 2. The van der Waals surface area contributed by atoms with Crippen molar-refractivity contribution >= 4 is 17.6 Å². The Bertz CT molecular complexity index is 1220. The second-order valence-electron chi connectivity index (χ2n) is 11.2. The molecule has 2 heterocycles. The van der Waals surface area contributed by atoms with E-state index in [1.165, 1.54) is 6.07 Å². The van der Waals surface area contributed by atoms with Gasteiger partial charge in [0.05, 0.1) is 11.0 Å². The lowest BCUT2D eigenvalue weighted by atomic mass is 9.83. The van der Waals surface area contributed by atoms with E-state index in [1.54, 1.807) is 11.1 Å². The van der Waals surface area contributed by atoms with Crippen molar-refractivity contribution in [3.05, 3.63) is 57.8 Å². The number of hydrogen-bond acceptors (Lipinski definition) is 7. The number of alkyl halides is 3. The number of pyridine rings is 1. The highest BCUT2D eigenvalue weighted by atomic mass is 19.4. The number of halogens is 3. The fraction of sp³-hybridized carbons (Fsp3) is 0.586. The molecule has 1 amide bonds. The average molecular weight is 577 g/mol. The molecule has 41 heavy (non-hydrogen) atoms. The molecule has 0 unspecified atom stereocenters. The van der Waals surface area contributed by atoms with Gasteiger partial charge >= 0.3 is 12.3 Å². The number of benzene rings is 1. The molecular weight excluding hydrogens is 541 g/mol. The van der Waals surface area contributed by atoms with Crippen molar-refractivity contribution < 1.29 is 32.4 Å². The first kappa shape index (κ1) is 28.9. The van der Waals surface area contributed by atoms with Gasteiger partial charge in [0.1, 0.15) is 23.2 Å². The summed E-state index contributed by atoms with van der Waals surface area (Å²) in [5.41, 5.74) is -1.66. The lowest BCUT2D eigenvalue weighted by Crippen LogP contribution is -2.49. The minimum atomic E-state index is -4.78. The molecule has 0 spiro atoms. The van der Waals surface area contributed by atoms with Crippen molar-refractivity contribution in [2.24, 2.45) is 5.92 Å². The van der Waals surface area contributed by atoms with Crippen molar-refractivity contribution in [2.75, 3.05) is 31.1 Å². The van der Waals surface area contributed by atoms with Crippen molar-refractivity contribution in [1.29, 1.82) is 0 Å². The number of nitrogens with zero attached hydrogens (tertiary/aromatic N) is 4. The molecule has 0 bridgehead atoms. The maximum absolute atomic E-state index is 13.3. The fourth-order valence-corrected chi connectivity index (χ4v) is 6.06. The Kier molecular flexibility index (Phi) is 8.84. The molecule has 1 aliphatic heterocycles. The molecule has 1 saturated heterocycles. The van der Waals surface area contributed by atoms with Gasteiger partial charge in [0.15, 0.2) is 0 Å². The lowest BCUT2D eigenvalue weighted by Gasteiger charge is -2.35. The molecule has 9 nitrogen and oxygen atoms in total. The zero-order chi connectivity index (χ0) is 29.0. The minimum absolute atomic E-state index is 0.00805. The summed E-state index contributed by atoms with van der Waals surface area (Å²) < 4.78 is 51.9. The molecule has 5 rings (SSSR count). The lowest BCUT2D eigenvalue weighted by molar-refractivity contribution is -0.388. The van der Waals surface area contributed by atoms with Crippen molar-refractivity contribution in [3.8, 4) is 5.75 Å². The van der Waals surface area contributed by atoms with E-state index in [0.717, 1.165) is 69.3 Å². The molecule has 2 aromatic rings. The number of aromatic nitrogens is 1. The molecule has 0 atom stereocenters. The van der Waals surface area contributed by atoms with Crippen LogP contribution >= 0.6 is 0 Å². The summed E-state index contributed by atoms with van der Waals surface area (Å²) in [7, 11) is 0. The van der Waals surface area contributed by atoms with Gasteiger partial charge in [-0.3, -0.25) is 10.1 Å².